The van der Waals surface area contributed by atoms with Gasteiger partial charge in [0, 0.05) is 22.9 Å². The SMILES string of the molecule is O=C(/C=C/c1ccc(Cl)c([N+](=O)[O-])c1)Nc1cccc(Cl)c1. The van der Waals surface area contributed by atoms with Crippen molar-refractivity contribution in [3.05, 3.63) is 74.3 Å². The summed E-state index contributed by atoms with van der Waals surface area (Å²) < 4.78 is 0. The molecule has 2 rings (SSSR count). The highest BCUT2D eigenvalue weighted by Crippen LogP contribution is 2.25. The van der Waals surface area contributed by atoms with Gasteiger partial charge in [-0.1, -0.05) is 35.3 Å². The number of carbonyl (C=O) groups is 1. The molecule has 0 spiro atoms. The van der Waals surface area contributed by atoms with E-state index in [9.17, 15) is 14.9 Å². The van der Waals surface area contributed by atoms with Crippen molar-refractivity contribution in [2.75, 3.05) is 5.32 Å². The van der Waals surface area contributed by atoms with E-state index in [0.29, 0.717) is 16.3 Å². The molecule has 0 heterocycles. The van der Waals surface area contributed by atoms with Gasteiger partial charge in [0.1, 0.15) is 5.02 Å². The van der Waals surface area contributed by atoms with Gasteiger partial charge in [-0.3, -0.25) is 14.9 Å². The maximum Gasteiger partial charge on any atom is 0.288 e. The second-order valence-electron chi connectivity index (χ2n) is 4.30. The number of anilines is 1. The van der Waals surface area contributed by atoms with Crippen LogP contribution >= 0.6 is 23.2 Å². The van der Waals surface area contributed by atoms with E-state index in [4.69, 9.17) is 23.2 Å². The Bertz CT molecular complexity index is 760. The Balaban J connectivity index is 2.10. The van der Waals surface area contributed by atoms with Gasteiger partial charge in [-0.25, -0.2) is 0 Å². The largest absolute Gasteiger partial charge is 0.322 e. The number of nitro benzene ring substituents is 1. The lowest BCUT2D eigenvalue weighted by molar-refractivity contribution is -0.384. The molecule has 0 radical (unpaired) electrons. The van der Waals surface area contributed by atoms with Crippen LogP contribution in [0.2, 0.25) is 10.0 Å². The first-order chi connectivity index (χ1) is 10.5. The Kier molecular flexibility index (Phi) is 5.14. The van der Waals surface area contributed by atoms with Crippen LogP contribution in [0.4, 0.5) is 11.4 Å². The van der Waals surface area contributed by atoms with Crippen LogP contribution in [0, 0.1) is 10.1 Å². The number of rotatable bonds is 4. The summed E-state index contributed by atoms with van der Waals surface area (Å²) in [6.07, 6.45) is 2.73. The van der Waals surface area contributed by atoms with Gasteiger partial charge in [0.25, 0.3) is 5.69 Å². The lowest BCUT2D eigenvalue weighted by Gasteiger charge is -2.02. The monoisotopic (exact) mass is 336 g/mol. The fourth-order valence-corrected chi connectivity index (χ4v) is 2.07. The lowest BCUT2D eigenvalue weighted by Crippen LogP contribution is -2.07. The van der Waals surface area contributed by atoms with Crippen LogP contribution in [-0.4, -0.2) is 10.8 Å². The quantitative estimate of drug-likeness (QED) is 0.505. The number of carbonyl (C=O) groups excluding carboxylic acids is 1. The van der Waals surface area contributed by atoms with E-state index < -0.39 is 4.92 Å². The number of hydrogen-bond donors (Lipinski definition) is 1. The Morgan fingerprint density at radius 2 is 1.95 bits per heavy atom. The van der Waals surface area contributed by atoms with Crippen molar-refractivity contribution >= 4 is 46.6 Å². The predicted octanol–water partition coefficient (Wildman–Crippen LogP) is 4.55. The Hall–Kier alpha value is -2.37. The third-order valence-corrected chi connectivity index (χ3v) is 3.24. The molecule has 5 nitrogen and oxygen atoms in total. The highest BCUT2D eigenvalue weighted by Gasteiger charge is 2.11. The van der Waals surface area contributed by atoms with Gasteiger partial charge in [-0.15, -0.1) is 0 Å². The topological polar surface area (TPSA) is 72.2 Å². The normalized spacial score (nSPS) is 10.6. The molecule has 0 atom stereocenters. The summed E-state index contributed by atoms with van der Waals surface area (Å²) in [4.78, 5) is 22.0. The maximum atomic E-state index is 11.8. The highest BCUT2D eigenvalue weighted by molar-refractivity contribution is 6.32. The van der Waals surface area contributed by atoms with Gasteiger partial charge in [-0.2, -0.15) is 0 Å². The number of halogens is 2. The molecule has 0 bridgehead atoms. The minimum Gasteiger partial charge on any atom is -0.322 e. The molecule has 0 fully saturated rings. The standard InChI is InChI=1S/C15H10Cl2N2O3/c16-11-2-1-3-12(9-11)18-15(20)7-5-10-4-6-13(17)14(8-10)19(21)22/h1-9H,(H,18,20)/b7-5+. The summed E-state index contributed by atoms with van der Waals surface area (Å²) in [6.45, 7) is 0. The average Bonchev–Trinajstić information content (AvgIpc) is 2.46. The molecule has 0 aliphatic rings. The molecule has 2 aromatic rings. The van der Waals surface area contributed by atoms with Crippen LogP contribution in [0.3, 0.4) is 0 Å². The van der Waals surface area contributed by atoms with Gasteiger partial charge in [0.15, 0.2) is 0 Å². The van der Waals surface area contributed by atoms with Crippen LogP contribution in [0.15, 0.2) is 48.5 Å². The molecule has 1 N–H and O–H groups in total. The molecule has 0 saturated heterocycles. The fourth-order valence-electron chi connectivity index (χ4n) is 1.70. The zero-order valence-corrected chi connectivity index (χ0v) is 12.6. The molecule has 112 valence electrons. The summed E-state index contributed by atoms with van der Waals surface area (Å²) in [6, 6.07) is 11.0. The lowest BCUT2D eigenvalue weighted by atomic mass is 10.2. The number of benzene rings is 2. The molecule has 2 aromatic carbocycles. The van der Waals surface area contributed by atoms with Crippen molar-refractivity contribution in [1.29, 1.82) is 0 Å². The molecular formula is C15H10Cl2N2O3. The van der Waals surface area contributed by atoms with Crippen LogP contribution in [0.25, 0.3) is 6.08 Å². The zero-order valence-electron chi connectivity index (χ0n) is 11.1. The van der Waals surface area contributed by atoms with Gasteiger partial charge in [0.05, 0.1) is 4.92 Å². The molecule has 0 unspecified atom stereocenters. The average molecular weight is 337 g/mol. The molecule has 0 saturated carbocycles. The molecule has 7 heteroatoms. The van der Waals surface area contributed by atoms with Crippen molar-refractivity contribution in [2.24, 2.45) is 0 Å². The number of hydrogen-bond acceptors (Lipinski definition) is 3. The van der Waals surface area contributed by atoms with Crippen molar-refractivity contribution in [3.63, 3.8) is 0 Å². The summed E-state index contributed by atoms with van der Waals surface area (Å²) in [5.41, 5.74) is 0.848. The van der Waals surface area contributed by atoms with Crippen molar-refractivity contribution in [3.8, 4) is 0 Å². The molecular weight excluding hydrogens is 327 g/mol. The maximum absolute atomic E-state index is 11.8. The number of nitro groups is 1. The van der Waals surface area contributed by atoms with E-state index in [1.807, 2.05) is 0 Å². The second-order valence-corrected chi connectivity index (χ2v) is 5.14. The van der Waals surface area contributed by atoms with Crippen LogP contribution < -0.4 is 5.32 Å². The summed E-state index contributed by atoms with van der Waals surface area (Å²) in [7, 11) is 0. The molecule has 1 amide bonds. The van der Waals surface area contributed by atoms with Crippen molar-refractivity contribution in [2.45, 2.75) is 0 Å². The highest BCUT2D eigenvalue weighted by atomic mass is 35.5. The first-order valence-electron chi connectivity index (χ1n) is 6.14. The predicted molar refractivity (Wildman–Crippen MR) is 87.2 cm³/mol. The fraction of sp³-hybridized carbons (Fsp3) is 0. The van der Waals surface area contributed by atoms with Gasteiger partial charge in [0.2, 0.25) is 5.91 Å². The number of nitrogens with one attached hydrogen (secondary N) is 1. The van der Waals surface area contributed by atoms with Crippen molar-refractivity contribution < 1.29 is 9.72 Å². The van der Waals surface area contributed by atoms with E-state index in [-0.39, 0.29) is 16.6 Å². The molecule has 0 aromatic heterocycles. The molecule has 22 heavy (non-hydrogen) atoms. The van der Waals surface area contributed by atoms with E-state index in [1.54, 1.807) is 30.3 Å². The number of nitrogens with zero attached hydrogens (tertiary/aromatic N) is 1. The molecule has 0 aliphatic carbocycles. The van der Waals surface area contributed by atoms with E-state index >= 15 is 0 Å². The third kappa shape index (κ3) is 4.31. The number of amides is 1. The summed E-state index contributed by atoms with van der Waals surface area (Å²) in [5.74, 6) is -0.375. The summed E-state index contributed by atoms with van der Waals surface area (Å²) in [5, 5.41) is 14.0. The van der Waals surface area contributed by atoms with E-state index in [0.717, 1.165) is 0 Å². The van der Waals surface area contributed by atoms with Gasteiger partial charge in [-0.05, 0) is 35.9 Å². The molecule has 0 aliphatic heterocycles. The third-order valence-electron chi connectivity index (χ3n) is 2.69. The van der Waals surface area contributed by atoms with E-state index in [2.05, 4.69) is 5.32 Å². The van der Waals surface area contributed by atoms with E-state index in [1.165, 1.54) is 24.3 Å². The Labute approximate surface area is 136 Å². The van der Waals surface area contributed by atoms with Crippen molar-refractivity contribution in [1.82, 2.24) is 0 Å². The minimum absolute atomic E-state index is 0.0468. The van der Waals surface area contributed by atoms with Crippen LogP contribution in [-0.2, 0) is 4.79 Å². The first-order valence-corrected chi connectivity index (χ1v) is 6.90. The second kappa shape index (κ2) is 7.06. The van der Waals surface area contributed by atoms with Gasteiger partial charge < -0.3 is 5.32 Å². The van der Waals surface area contributed by atoms with Crippen LogP contribution in [0.5, 0.6) is 0 Å². The summed E-state index contributed by atoms with van der Waals surface area (Å²) >= 11 is 11.5. The Morgan fingerprint density at radius 3 is 2.64 bits per heavy atom. The first kappa shape index (κ1) is 16.0. The Morgan fingerprint density at radius 1 is 1.18 bits per heavy atom. The minimum atomic E-state index is -0.578. The zero-order chi connectivity index (χ0) is 16.1. The smallest absolute Gasteiger partial charge is 0.288 e. The van der Waals surface area contributed by atoms with Crippen LogP contribution in [0.1, 0.15) is 5.56 Å². The van der Waals surface area contributed by atoms with Gasteiger partial charge >= 0.3 is 0 Å².